The number of nitrogens with one attached hydrogen (secondary N) is 1. The van der Waals surface area contributed by atoms with Crippen molar-refractivity contribution < 1.29 is 17.7 Å². The van der Waals surface area contributed by atoms with Gasteiger partial charge in [-0.25, -0.2) is 8.42 Å². The van der Waals surface area contributed by atoms with Crippen molar-refractivity contribution in [3.63, 3.8) is 0 Å². The molecule has 0 unspecified atom stereocenters. The molecule has 1 heterocycles. The van der Waals surface area contributed by atoms with E-state index in [-0.39, 0.29) is 16.2 Å². The Balaban J connectivity index is 1.93. The zero-order valence-corrected chi connectivity index (χ0v) is 12.9. The van der Waals surface area contributed by atoms with Crippen LogP contribution in [-0.2, 0) is 22.7 Å². The molecule has 7 heteroatoms. The van der Waals surface area contributed by atoms with E-state index in [4.69, 9.17) is 4.52 Å². The summed E-state index contributed by atoms with van der Waals surface area (Å²) in [5.74, 6) is -0.241. The van der Waals surface area contributed by atoms with Crippen LogP contribution in [0.3, 0.4) is 0 Å². The summed E-state index contributed by atoms with van der Waals surface area (Å²) in [5, 5.41) is 6.57. The summed E-state index contributed by atoms with van der Waals surface area (Å²) in [6.45, 7) is 1.55. The normalized spacial score (nSPS) is 13.9. The number of carbonyl (C=O) groups excluding carboxylic acids is 1. The van der Waals surface area contributed by atoms with E-state index >= 15 is 0 Å². The molecule has 1 aliphatic carbocycles. The fraction of sp³-hybridized carbons (Fsp3) is 0.333. The third-order valence-electron chi connectivity index (χ3n) is 3.78. The highest BCUT2D eigenvalue weighted by atomic mass is 32.2. The highest BCUT2D eigenvalue weighted by Gasteiger charge is 2.25. The van der Waals surface area contributed by atoms with Gasteiger partial charge in [-0.3, -0.25) is 10.1 Å². The van der Waals surface area contributed by atoms with E-state index < -0.39 is 15.7 Å². The molecule has 1 aliphatic rings. The highest BCUT2D eigenvalue weighted by Crippen LogP contribution is 2.29. The fourth-order valence-electron chi connectivity index (χ4n) is 2.58. The Morgan fingerprint density at radius 2 is 2.09 bits per heavy atom. The molecule has 0 bridgehead atoms. The minimum atomic E-state index is -3.47. The number of aryl methyl sites for hydroxylation is 1. The van der Waals surface area contributed by atoms with Crippen LogP contribution in [0.15, 0.2) is 33.7 Å². The maximum Gasteiger partial charge on any atom is 0.259 e. The molecule has 0 saturated carbocycles. The Morgan fingerprint density at radius 1 is 1.32 bits per heavy atom. The first-order chi connectivity index (χ1) is 10.5. The second-order valence-corrected chi connectivity index (χ2v) is 7.39. The average Bonchev–Trinajstić information content (AvgIpc) is 3.12. The quantitative estimate of drug-likeness (QED) is 0.933. The van der Waals surface area contributed by atoms with Gasteiger partial charge in [0.15, 0.2) is 9.84 Å². The lowest BCUT2D eigenvalue weighted by atomic mass is 10.2. The van der Waals surface area contributed by atoms with Gasteiger partial charge in [0.05, 0.1) is 21.9 Å². The number of aromatic nitrogens is 1. The first-order valence-electron chi connectivity index (χ1n) is 7.13. The monoisotopic (exact) mass is 320 g/mol. The molecule has 116 valence electrons. The van der Waals surface area contributed by atoms with Crippen molar-refractivity contribution in [1.29, 1.82) is 0 Å². The van der Waals surface area contributed by atoms with Crippen molar-refractivity contribution in [3.05, 3.63) is 41.1 Å². The van der Waals surface area contributed by atoms with Crippen molar-refractivity contribution in [3.8, 4) is 0 Å². The lowest BCUT2D eigenvalue weighted by Crippen LogP contribution is -2.17. The molecule has 0 atom stereocenters. The van der Waals surface area contributed by atoms with Crippen LogP contribution >= 0.6 is 0 Å². The molecule has 1 aromatic heterocycles. The summed E-state index contributed by atoms with van der Waals surface area (Å²) in [5.41, 5.74) is 1.89. The molecule has 6 nitrogen and oxygen atoms in total. The van der Waals surface area contributed by atoms with Crippen molar-refractivity contribution in [2.24, 2.45) is 0 Å². The fourth-order valence-corrected chi connectivity index (χ4v) is 3.67. The number of benzene rings is 1. The first-order valence-corrected chi connectivity index (χ1v) is 8.78. The van der Waals surface area contributed by atoms with E-state index in [9.17, 15) is 13.2 Å². The molecular formula is C15H16N2O4S. The number of hydrogen-bond acceptors (Lipinski definition) is 5. The van der Waals surface area contributed by atoms with Crippen LogP contribution in [0.5, 0.6) is 0 Å². The number of nitrogens with zero attached hydrogens (tertiary/aromatic N) is 1. The highest BCUT2D eigenvalue weighted by molar-refractivity contribution is 7.91. The maximum atomic E-state index is 12.4. The SMILES string of the molecule is CCS(=O)(=O)c1ccccc1C(=O)Nc1onc2c1CCC2. The summed E-state index contributed by atoms with van der Waals surface area (Å²) in [7, 11) is -3.47. The van der Waals surface area contributed by atoms with Crippen LogP contribution in [0.4, 0.5) is 5.88 Å². The van der Waals surface area contributed by atoms with Crippen molar-refractivity contribution in [2.75, 3.05) is 11.1 Å². The van der Waals surface area contributed by atoms with Crippen molar-refractivity contribution >= 4 is 21.6 Å². The van der Waals surface area contributed by atoms with Crippen molar-refractivity contribution in [1.82, 2.24) is 5.16 Å². The zero-order chi connectivity index (χ0) is 15.7. The minimum absolute atomic E-state index is 0.0335. The van der Waals surface area contributed by atoms with Crippen LogP contribution < -0.4 is 5.32 Å². The molecule has 0 aliphatic heterocycles. The van der Waals surface area contributed by atoms with Crippen LogP contribution in [0, 0.1) is 0 Å². The Morgan fingerprint density at radius 3 is 2.86 bits per heavy atom. The van der Waals surface area contributed by atoms with Gasteiger partial charge in [0, 0.05) is 5.56 Å². The van der Waals surface area contributed by atoms with Gasteiger partial charge >= 0.3 is 0 Å². The molecule has 3 rings (SSSR count). The van der Waals surface area contributed by atoms with E-state index in [1.54, 1.807) is 19.1 Å². The van der Waals surface area contributed by atoms with Crippen LogP contribution in [0.2, 0.25) is 0 Å². The average molecular weight is 320 g/mol. The molecule has 1 N–H and O–H groups in total. The molecule has 1 amide bonds. The predicted molar refractivity (Wildman–Crippen MR) is 80.7 cm³/mol. The van der Waals surface area contributed by atoms with Gasteiger partial charge < -0.3 is 4.52 Å². The molecule has 0 fully saturated rings. The van der Waals surface area contributed by atoms with Gasteiger partial charge in [-0.15, -0.1) is 0 Å². The summed E-state index contributed by atoms with van der Waals surface area (Å²) in [6, 6.07) is 6.17. The second kappa shape index (κ2) is 5.57. The lowest BCUT2D eigenvalue weighted by molar-refractivity contribution is 0.102. The van der Waals surface area contributed by atoms with Crippen LogP contribution in [0.1, 0.15) is 35.0 Å². The number of fused-ring (bicyclic) bond motifs is 1. The maximum absolute atomic E-state index is 12.4. The Hall–Kier alpha value is -2.15. The lowest BCUT2D eigenvalue weighted by Gasteiger charge is -2.08. The van der Waals surface area contributed by atoms with Gasteiger partial charge in [-0.1, -0.05) is 24.2 Å². The molecule has 0 radical (unpaired) electrons. The van der Waals surface area contributed by atoms with E-state index in [0.29, 0.717) is 5.88 Å². The number of rotatable bonds is 4. The van der Waals surface area contributed by atoms with Gasteiger partial charge in [0.1, 0.15) is 0 Å². The van der Waals surface area contributed by atoms with Gasteiger partial charge in [-0.05, 0) is 31.4 Å². The molecule has 2 aromatic rings. The third-order valence-corrected chi connectivity index (χ3v) is 5.57. The molecule has 1 aromatic carbocycles. The van der Waals surface area contributed by atoms with E-state index in [1.807, 2.05) is 0 Å². The largest absolute Gasteiger partial charge is 0.338 e. The number of anilines is 1. The zero-order valence-electron chi connectivity index (χ0n) is 12.1. The first kappa shape index (κ1) is 14.8. The summed E-state index contributed by atoms with van der Waals surface area (Å²) >= 11 is 0. The molecule has 0 saturated heterocycles. The Kier molecular flexibility index (Phi) is 3.74. The molecule has 0 spiro atoms. The molecule has 22 heavy (non-hydrogen) atoms. The number of carbonyl (C=O) groups is 1. The van der Waals surface area contributed by atoms with Crippen molar-refractivity contribution in [2.45, 2.75) is 31.1 Å². The van der Waals surface area contributed by atoms with E-state index in [0.717, 1.165) is 30.5 Å². The predicted octanol–water partition coefficient (Wildman–Crippen LogP) is 2.21. The van der Waals surface area contributed by atoms with Gasteiger partial charge in [0.25, 0.3) is 5.91 Å². The van der Waals surface area contributed by atoms with E-state index in [1.165, 1.54) is 12.1 Å². The standard InChI is InChI=1S/C15H16N2O4S/c1-2-22(19,20)13-9-4-3-6-11(13)14(18)16-15-10-7-5-8-12(10)17-21-15/h3-4,6,9H,2,5,7-8H2,1H3,(H,16,18). The Labute approximate surface area is 128 Å². The van der Waals surface area contributed by atoms with Crippen LogP contribution in [0.25, 0.3) is 0 Å². The third kappa shape index (κ3) is 2.52. The number of sulfone groups is 1. The smallest absolute Gasteiger partial charge is 0.259 e. The van der Waals surface area contributed by atoms with Gasteiger partial charge in [0.2, 0.25) is 5.88 Å². The second-order valence-electron chi connectivity index (χ2n) is 5.14. The topological polar surface area (TPSA) is 89.3 Å². The summed E-state index contributed by atoms with van der Waals surface area (Å²) < 4.78 is 29.4. The van der Waals surface area contributed by atoms with Crippen LogP contribution in [-0.4, -0.2) is 25.2 Å². The molecular weight excluding hydrogens is 304 g/mol. The minimum Gasteiger partial charge on any atom is -0.338 e. The summed E-state index contributed by atoms with van der Waals surface area (Å²) in [4.78, 5) is 12.5. The number of hydrogen-bond donors (Lipinski definition) is 1. The van der Waals surface area contributed by atoms with E-state index in [2.05, 4.69) is 10.5 Å². The summed E-state index contributed by atoms with van der Waals surface area (Å²) in [6.07, 6.45) is 2.64. The van der Waals surface area contributed by atoms with Gasteiger partial charge in [-0.2, -0.15) is 0 Å². The Bertz CT molecular complexity index is 824. The number of amides is 1.